The number of para-hydroxylation sites is 1. The number of hydrogen-bond acceptors (Lipinski definition) is 3. The summed E-state index contributed by atoms with van der Waals surface area (Å²) < 4.78 is 27.7. The van der Waals surface area contributed by atoms with Crippen LogP contribution in [0.25, 0.3) is 0 Å². The molecule has 0 spiro atoms. The highest BCUT2D eigenvalue weighted by molar-refractivity contribution is 7.93. The molecule has 2 aromatic carbocycles. The fraction of sp³-hybridized carbons (Fsp3) is 0.350. The Balaban J connectivity index is 1.91. The number of rotatable bonds is 6. The Morgan fingerprint density at radius 2 is 1.81 bits per heavy atom. The molecule has 7 heteroatoms. The van der Waals surface area contributed by atoms with Gasteiger partial charge in [0.1, 0.15) is 4.90 Å². The SMILES string of the molecule is CCN(c1ccccc1)S(=O)(=O)c1cc(NC(=O)C2CCCC2)ccc1Cl. The maximum atomic E-state index is 13.2. The molecule has 0 saturated heterocycles. The summed E-state index contributed by atoms with van der Waals surface area (Å²) in [7, 11) is -3.86. The number of nitrogens with one attached hydrogen (secondary N) is 1. The molecule has 1 N–H and O–H groups in total. The zero-order valence-electron chi connectivity index (χ0n) is 15.2. The summed E-state index contributed by atoms with van der Waals surface area (Å²) >= 11 is 6.21. The monoisotopic (exact) mass is 406 g/mol. The van der Waals surface area contributed by atoms with Gasteiger partial charge >= 0.3 is 0 Å². The van der Waals surface area contributed by atoms with E-state index in [1.807, 2.05) is 6.07 Å². The fourth-order valence-electron chi connectivity index (χ4n) is 3.42. The first kappa shape index (κ1) is 19.7. The minimum Gasteiger partial charge on any atom is -0.326 e. The van der Waals surface area contributed by atoms with Gasteiger partial charge in [0.15, 0.2) is 0 Å². The first-order chi connectivity index (χ1) is 12.9. The third kappa shape index (κ3) is 4.28. The van der Waals surface area contributed by atoms with Gasteiger partial charge < -0.3 is 5.32 Å². The standard InChI is InChI=1S/C20H23ClN2O3S/c1-2-23(17-10-4-3-5-11-17)27(25,26)19-14-16(12-13-18(19)21)22-20(24)15-8-6-7-9-15/h3-5,10-15H,2,6-9H2,1H3,(H,22,24). The van der Waals surface area contributed by atoms with Gasteiger partial charge in [-0.05, 0) is 50.1 Å². The first-order valence-corrected chi connectivity index (χ1v) is 10.9. The van der Waals surface area contributed by atoms with Gasteiger partial charge in [0.05, 0.1) is 10.7 Å². The number of anilines is 2. The Labute approximate surface area is 165 Å². The molecule has 1 aliphatic rings. The largest absolute Gasteiger partial charge is 0.326 e. The van der Waals surface area contributed by atoms with Crippen LogP contribution in [0.3, 0.4) is 0 Å². The zero-order chi connectivity index (χ0) is 19.4. The zero-order valence-corrected chi connectivity index (χ0v) is 16.8. The van der Waals surface area contributed by atoms with Crippen molar-refractivity contribution in [3.8, 4) is 0 Å². The van der Waals surface area contributed by atoms with Gasteiger partial charge in [-0.25, -0.2) is 8.42 Å². The van der Waals surface area contributed by atoms with Gasteiger partial charge in [-0.3, -0.25) is 9.10 Å². The van der Waals surface area contributed by atoms with Crippen molar-refractivity contribution in [1.29, 1.82) is 0 Å². The number of hydrogen-bond donors (Lipinski definition) is 1. The maximum Gasteiger partial charge on any atom is 0.265 e. The average molecular weight is 407 g/mol. The highest BCUT2D eigenvalue weighted by Crippen LogP contribution is 2.31. The topological polar surface area (TPSA) is 66.5 Å². The second kappa shape index (κ2) is 8.31. The van der Waals surface area contributed by atoms with E-state index in [9.17, 15) is 13.2 Å². The lowest BCUT2D eigenvalue weighted by Crippen LogP contribution is -2.31. The van der Waals surface area contributed by atoms with Crippen LogP contribution in [-0.2, 0) is 14.8 Å². The normalized spacial score (nSPS) is 14.9. The van der Waals surface area contributed by atoms with Crippen LogP contribution in [0, 0.1) is 5.92 Å². The molecule has 1 amide bonds. The van der Waals surface area contributed by atoms with Crippen LogP contribution >= 0.6 is 11.6 Å². The molecule has 1 aliphatic carbocycles. The van der Waals surface area contributed by atoms with Crippen molar-refractivity contribution in [2.45, 2.75) is 37.5 Å². The van der Waals surface area contributed by atoms with Crippen molar-refractivity contribution in [3.63, 3.8) is 0 Å². The minimum atomic E-state index is -3.86. The van der Waals surface area contributed by atoms with E-state index in [4.69, 9.17) is 11.6 Å². The molecule has 0 unspecified atom stereocenters. The lowest BCUT2D eigenvalue weighted by molar-refractivity contribution is -0.119. The Kier molecular flexibility index (Phi) is 6.07. The second-order valence-electron chi connectivity index (χ2n) is 6.62. The Morgan fingerprint density at radius 3 is 2.44 bits per heavy atom. The van der Waals surface area contributed by atoms with E-state index in [1.165, 1.54) is 16.4 Å². The second-order valence-corrected chi connectivity index (χ2v) is 8.86. The van der Waals surface area contributed by atoms with Gasteiger partial charge in [-0.15, -0.1) is 0 Å². The van der Waals surface area contributed by atoms with Crippen LogP contribution in [0.2, 0.25) is 5.02 Å². The van der Waals surface area contributed by atoms with Crippen molar-refractivity contribution >= 4 is 38.9 Å². The lowest BCUT2D eigenvalue weighted by atomic mass is 10.1. The van der Waals surface area contributed by atoms with E-state index in [0.29, 0.717) is 11.4 Å². The predicted molar refractivity (Wildman–Crippen MR) is 109 cm³/mol. The number of carbonyl (C=O) groups is 1. The summed E-state index contributed by atoms with van der Waals surface area (Å²) in [5.74, 6) is -0.0641. The third-order valence-corrected chi connectivity index (χ3v) is 7.21. The molecule has 0 aromatic heterocycles. The minimum absolute atomic E-state index is 0.00260. The molecule has 3 rings (SSSR count). The Morgan fingerprint density at radius 1 is 1.15 bits per heavy atom. The van der Waals surface area contributed by atoms with E-state index >= 15 is 0 Å². The molecular weight excluding hydrogens is 384 g/mol. The molecule has 0 heterocycles. The number of carbonyl (C=O) groups excluding carboxylic acids is 1. The van der Waals surface area contributed by atoms with E-state index < -0.39 is 10.0 Å². The molecule has 1 fully saturated rings. The highest BCUT2D eigenvalue weighted by atomic mass is 35.5. The van der Waals surface area contributed by atoms with Gasteiger partial charge in [0.2, 0.25) is 5.91 Å². The van der Waals surface area contributed by atoms with E-state index in [1.54, 1.807) is 37.3 Å². The van der Waals surface area contributed by atoms with Crippen molar-refractivity contribution in [3.05, 3.63) is 53.6 Å². The summed E-state index contributed by atoms with van der Waals surface area (Å²) in [4.78, 5) is 12.4. The van der Waals surface area contributed by atoms with Gasteiger partial charge in [-0.2, -0.15) is 0 Å². The lowest BCUT2D eigenvalue weighted by Gasteiger charge is -2.24. The molecule has 0 aliphatic heterocycles. The molecule has 144 valence electrons. The van der Waals surface area contributed by atoms with Crippen molar-refractivity contribution < 1.29 is 13.2 Å². The molecule has 0 bridgehead atoms. The molecule has 27 heavy (non-hydrogen) atoms. The van der Waals surface area contributed by atoms with E-state index in [0.717, 1.165) is 25.7 Å². The molecule has 5 nitrogen and oxygen atoms in total. The number of amides is 1. The van der Waals surface area contributed by atoms with Crippen molar-refractivity contribution in [2.75, 3.05) is 16.2 Å². The van der Waals surface area contributed by atoms with Crippen molar-refractivity contribution in [1.82, 2.24) is 0 Å². The summed E-state index contributed by atoms with van der Waals surface area (Å²) in [6.07, 6.45) is 3.87. The van der Waals surface area contributed by atoms with Gasteiger partial charge in [-0.1, -0.05) is 42.6 Å². The Bertz CT molecular complexity index is 910. The highest BCUT2D eigenvalue weighted by Gasteiger charge is 2.27. The summed E-state index contributed by atoms with van der Waals surface area (Å²) in [6.45, 7) is 2.03. The van der Waals surface area contributed by atoms with E-state index in [2.05, 4.69) is 5.32 Å². The Hall–Kier alpha value is -2.05. The smallest absolute Gasteiger partial charge is 0.265 e. The van der Waals surface area contributed by atoms with Crippen LogP contribution in [0.4, 0.5) is 11.4 Å². The number of halogens is 1. The molecular formula is C20H23ClN2O3S. The van der Waals surface area contributed by atoms with Crippen LogP contribution in [-0.4, -0.2) is 20.9 Å². The molecule has 2 aromatic rings. The van der Waals surface area contributed by atoms with E-state index in [-0.39, 0.29) is 28.3 Å². The molecule has 1 saturated carbocycles. The average Bonchev–Trinajstić information content (AvgIpc) is 3.19. The number of nitrogens with zero attached hydrogens (tertiary/aromatic N) is 1. The number of benzene rings is 2. The van der Waals surface area contributed by atoms with Crippen LogP contribution < -0.4 is 9.62 Å². The van der Waals surface area contributed by atoms with Gasteiger partial charge in [0, 0.05) is 18.2 Å². The summed E-state index contributed by atoms with van der Waals surface area (Å²) in [6, 6.07) is 13.5. The number of sulfonamides is 1. The third-order valence-electron chi connectivity index (χ3n) is 4.82. The quantitative estimate of drug-likeness (QED) is 0.757. The van der Waals surface area contributed by atoms with Crippen LogP contribution in [0.15, 0.2) is 53.4 Å². The molecule has 0 radical (unpaired) electrons. The first-order valence-electron chi connectivity index (χ1n) is 9.11. The fourth-order valence-corrected chi connectivity index (χ4v) is 5.39. The van der Waals surface area contributed by atoms with Crippen LogP contribution in [0.1, 0.15) is 32.6 Å². The predicted octanol–water partition coefficient (Wildman–Crippen LogP) is 4.68. The van der Waals surface area contributed by atoms with Crippen molar-refractivity contribution in [2.24, 2.45) is 5.92 Å². The van der Waals surface area contributed by atoms with Gasteiger partial charge in [0.25, 0.3) is 10.0 Å². The van der Waals surface area contributed by atoms with Crippen LogP contribution in [0.5, 0.6) is 0 Å². The maximum absolute atomic E-state index is 13.2. The summed E-state index contributed by atoms with van der Waals surface area (Å²) in [5, 5.41) is 2.97. The summed E-state index contributed by atoms with van der Waals surface area (Å²) in [5.41, 5.74) is 1.01. The molecule has 0 atom stereocenters.